The number of likely N-dealkylation sites (tertiary alicyclic amines) is 1. The number of hydrogen-bond acceptors (Lipinski definition) is 3. The Labute approximate surface area is 177 Å². The summed E-state index contributed by atoms with van der Waals surface area (Å²) in [5.74, 6) is -2.33. The summed E-state index contributed by atoms with van der Waals surface area (Å²) in [6.07, 6.45) is -3.36. The van der Waals surface area contributed by atoms with Crippen LogP contribution in [0.25, 0.3) is 0 Å². The molecule has 2 amide bonds. The summed E-state index contributed by atoms with van der Waals surface area (Å²) in [4.78, 5) is 26.5. The third-order valence-corrected chi connectivity index (χ3v) is 5.08. The molecule has 5 nitrogen and oxygen atoms in total. The molecule has 9 heteroatoms. The van der Waals surface area contributed by atoms with Crippen LogP contribution < -0.4 is 5.32 Å². The lowest BCUT2D eigenvalue weighted by atomic mass is 9.99. The molecule has 1 saturated heterocycles. The first-order valence-corrected chi connectivity index (χ1v) is 9.85. The summed E-state index contributed by atoms with van der Waals surface area (Å²) in [5.41, 5.74) is -0.722. The predicted octanol–water partition coefficient (Wildman–Crippen LogP) is 4.48. The maximum absolute atomic E-state index is 14.0. The van der Waals surface area contributed by atoms with Crippen molar-refractivity contribution >= 4 is 12.0 Å². The van der Waals surface area contributed by atoms with Gasteiger partial charge in [0, 0.05) is 25.2 Å². The van der Waals surface area contributed by atoms with E-state index in [2.05, 4.69) is 5.32 Å². The highest BCUT2D eigenvalue weighted by Crippen LogP contribution is 2.30. The Morgan fingerprint density at radius 1 is 1.06 bits per heavy atom. The van der Waals surface area contributed by atoms with Crippen LogP contribution in [-0.4, -0.2) is 36.6 Å². The average Bonchev–Trinajstić information content (AvgIpc) is 3.28. The van der Waals surface area contributed by atoms with E-state index < -0.39 is 42.0 Å². The van der Waals surface area contributed by atoms with Gasteiger partial charge in [-0.05, 0) is 36.6 Å². The van der Waals surface area contributed by atoms with Gasteiger partial charge in [0.15, 0.2) is 0 Å². The second kappa shape index (κ2) is 9.80. The molecular weight excluding hydrogens is 416 g/mol. The fraction of sp³-hybridized carbons (Fsp3) is 0.364. The molecule has 1 fully saturated rings. The summed E-state index contributed by atoms with van der Waals surface area (Å²) in [6.45, 7) is 0.514. The van der Waals surface area contributed by atoms with Gasteiger partial charge in [-0.25, -0.2) is 9.18 Å². The first-order chi connectivity index (χ1) is 14.8. The first-order valence-electron chi connectivity index (χ1n) is 9.85. The number of ether oxygens (including phenoxy) is 1. The minimum atomic E-state index is -4.62. The van der Waals surface area contributed by atoms with Gasteiger partial charge in [0.25, 0.3) is 0 Å². The molecule has 0 radical (unpaired) electrons. The Balaban J connectivity index is 1.69. The van der Waals surface area contributed by atoms with E-state index in [0.29, 0.717) is 30.8 Å². The summed E-state index contributed by atoms with van der Waals surface area (Å²) in [7, 11) is 0. The highest BCUT2D eigenvalue weighted by molar-refractivity contribution is 5.84. The average molecular weight is 438 g/mol. The van der Waals surface area contributed by atoms with Crippen LogP contribution in [0.1, 0.15) is 35.4 Å². The van der Waals surface area contributed by atoms with Crippen molar-refractivity contribution < 1.29 is 31.9 Å². The first kappa shape index (κ1) is 22.6. The lowest BCUT2D eigenvalue weighted by Crippen LogP contribution is -2.35. The Bertz CT molecular complexity index is 913. The quantitative estimate of drug-likeness (QED) is 0.677. The number of nitrogens with zero attached hydrogens (tertiary/aromatic N) is 1. The molecule has 0 saturated carbocycles. The van der Waals surface area contributed by atoms with Crippen molar-refractivity contribution in [1.29, 1.82) is 0 Å². The second-order valence-corrected chi connectivity index (χ2v) is 7.26. The van der Waals surface area contributed by atoms with Gasteiger partial charge in [-0.15, -0.1) is 0 Å². The van der Waals surface area contributed by atoms with Crippen molar-refractivity contribution in [2.24, 2.45) is 0 Å². The number of rotatable bonds is 6. The Morgan fingerprint density at radius 3 is 2.39 bits per heavy atom. The normalized spacial score (nSPS) is 14.9. The highest BCUT2D eigenvalue weighted by atomic mass is 19.4. The minimum Gasteiger partial charge on any atom is -0.448 e. The molecule has 0 aliphatic carbocycles. The van der Waals surface area contributed by atoms with E-state index in [0.717, 1.165) is 18.9 Å². The predicted molar refractivity (Wildman–Crippen MR) is 105 cm³/mol. The molecule has 31 heavy (non-hydrogen) atoms. The van der Waals surface area contributed by atoms with Crippen LogP contribution in [0.3, 0.4) is 0 Å². The van der Waals surface area contributed by atoms with Gasteiger partial charge < -0.3 is 15.0 Å². The van der Waals surface area contributed by atoms with E-state index in [1.807, 2.05) is 0 Å². The summed E-state index contributed by atoms with van der Waals surface area (Å²) < 4.78 is 57.9. The maximum atomic E-state index is 14.0. The molecule has 0 aromatic heterocycles. The minimum absolute atomic E-state index is 0.240. The summed E-state index contributed by atoms with van der Waals surface area (Å²) in [5, 5.41) is 2.46. The van der Waals surface area contributed by atoms with Crippen LogP contribution in [-0.2, 0) is 22.3 Å². The smallest absolute Gasteiger partial charge is 0.416 e. The number of halogens is 4. The van der Waals surface area contributed by atoms with Crippen molar-refractivity contribution in [3.63, 3.8) is 0 Å². The van der Waals surface area contributed by atoms with Crippen molar-refractivity contribution in [3.05, 3.63) is 71.0 Å². The van der Waals surface area contributed by atoms with Crippen molar-refractivity contribution in [2.75, 3.05) is 19.7 Å². The van der Waals surface area contributed by atoms with Crippen LogP contribution in [0.15, 0.2) is 48.5 Å². The number of alkyl halides is 3. The number of hydrogen-bond donors (Lipinski definition) is 1. The number of carbonyl (C=O) groups is 2. The van der Waals surface area contributed by atoms with E-state index in [1.165, 1.54) is 0 Å². The highest BCUT2D eigenvalue weighted by Gasteiger charge is 2.31. The van der Waals surface area contributed by atoms with Crippen LogP contribution in [0.5, 0.6) is 0 Å². The zero-order valence-corrected chi connectivity index (χ0v) is 16.6. The zero-order chi connectivity index (χ0) is 22.4. The SMILES string of the molecule is O=C(NCc1cc(C(F)(F)F)ccc1F)[C@@H](COC(=O)N1CCCC1)c1ccccc1. The molecule has 1 N–H and O–H groups in total. The van der Waals surface area contributed by atoms with E-state index in [9.17, 15) is 27.2 Å². The Hall–Kier alpha value is -3.10. The molecule has 1 atom stereocenters. The van der Waals surface area contributed by atoms with E-state index in [1.54, 1.807) is 35.2 Å². The fourth-order valence-electron chi connectivity index (χ4n) is 3.35. The summed E-state index contributed by atoms with van der Waals surface area (Å²) in [6, 6.07) is 10.6. The topological polar surface area (TPSA) is 58.6 Å². The van der Waals surface area contributed by atoms with Crippen LogP contribution >= 0.6 is 0 Å². The lowest BCUT2D eigenvalue weighted by molar-refractivity contribution is -0.137. The molecular formula is C22H22F4N2O3. The Kier molecular flexibility index (Phi) is 7.14. The third kappa shape index (κ3) is 5.96. The van der Waals surface area contributed by atoms with Gasteiger partial charge in [-0.1, -0.05) is 30.3 Å². The van der Waals surface area contributed by atoms with Crippen molar-refractivity contribution in [2.45, 2.75) is 31.5 Å². The Morgan fingerprint density at radius 2 is 1.74 bits per heavy atom. The molecule has 2 aromatic rings. The molecule has 1 aliphatic heterocycles. The molecule has 166 valence electrons. The largest absolute Gasteiger partial charge is 0.448 e. The van der Waals surface area contributed by atoms with E-state index >= 15 is 0 Å². The molecule has 1 heterocycles. The molecule has 1 aliphatic rings. The third-order valence-electron chi connectivity index (χ3n) is 5.08. The van der Waals surface area contributed by atoms with Gasteiger partial charge >= 0.3 is 12.3 Å². The van der Waals surface area contributed by atoms with Gasteiger partial charge in [0.05, 0.1) is 11.5 Å². The number of benzene rings is 2. The van der Waals surface area contributed by atoms with Crippen molar-refractivity contribution in [1.82, 2.24) is 10.2 Å². The summed E-state index contributed by atoms with van der Waals surface area (Å²) >= 11 is 0. The molecule has 0 unspecified atom stereocenters. The number of nitrogens with one attached hydrogen (secondary N) is 1. The van der Waals surface area contributed by atoms with Crippen LogP contribution in [0.2, 0.25) is 0 Å². The van der Waals surface area contributed by atoms with Crippen molar-refractivity contribution in [3.8, 4) is 0 Å². The fourth-order valence-corrected chi connectivity index (χ4v) is 3.35. The molecule has 3 rings (SSSR count). The van der Waals surface area contributed by atoms with Gasteiger partial charge in [0.2, 0.25) is 5.91 Å². The lowest BCUT2D eigenvalue weighted by Gasteiger charge is -2.20. The standard InChI is InChI=1S/C22H22F4N2O3/c23-19-9-8-17(22(24,25)26)12-16(19)13-27-20(29)18(15-6-2-1-3-7-15)14-31-21(30)28-10-4-5-11-28/h1-3,6-9,12,18H,4-5,10-11,13-14H2,(H,27,29)/t18-/m0/s1. The second-order valence-electron chi connectivity index (χ2n) is 7.26. The molecule has 2 aromatic carbocycles. The van der Waals surface area contributed by atoms with Gasteiger partial charge in [-0.2, -0.15) is 13.2 Å². The molecule has 0 bridgehead atoms. The van der Waals surface area contributed by atoms with E-state index in [4.69, 9.17) is 4.74 Å². The number of carbonyl (C=O) groups excluding carboxylic acids is 2. The molecule has 0 spiro atoms. The van der Waals surface area contributed by atoms with Gasteiger partial charge in [-0.3, -0.25) is 4.79 Å². The van der Waals surface area contributed by atoms with Crippen LogP contribution in [0.4, 0.5) is 22.4 Å². The maximum Gasteiger partial charge on any atom is 0.416 e. The number of amides is 2. The van der Waals surface area contributed by atoms with E-state index in [-0.39, 0.29) is 12.2 Å². The van der Waals surface area contributed by atoms with Gasteiger partial charge in [0.1, 0.15) is 12.4 Å². The monoisotopic (exact) mass is 438 g/mol. The van der Waals surface area contributed by atoms with Crippen LogP contribution in [0, 0.1) is 5.82 Å². The zero-order valence-electron chi connectivity index (χ0n) is 16.6.